The molecule has 2 heteroatoms. The van der Waals surface area contributed by atoms with E-state index in [2.05, 4.69) is 59.1 Å². The molecule has 2 unspecified atom stereocenters. The summed E-state index contributed by atoms with van der Waals surface area (Å²) in [6.45, 7) is 6.45. The van der Waals surface area contributed by atoms with Crippen LogP contribution in [0.1, 0.15) is 27.2 Å². The van der Waals surface area contributed by atoms with E-state index in [9.17, 15) is 0 Å². The van der Waals surface area contributed by atoms with Gasteiger partial charge in [0.15, 0.2) is 0 Å². The van der Waals surface area contributed by atoms with Crippen molar-refractivity contribution in [2.75, 3.05) is 0 Å². The van der Waals surface area contributed by atoms with E-state index in [1.165, 1.54) is 0 Å². The molecule has 0 rings (SSSR count). The fraction of sp³-hybridized carbons (Fsp3) is 0.857. The van der Waals surface area contributed by atoms with Gasteiger partial charge in [-0.05, 0) is 13.3 Å². The molecule has 0 amide bonds. The SMILES string of the molecule is CC[CH]C(C)(Br)C(C)Br. The third-order valence-electron chi connectivity index (χ3n) is 1.38. The highest BCUT2D eigenvalue weighted by Gasteiger charge is 2.24. The first-order chi connectivity index (χ1) is 4.00. The van der Waals surface area contributed by atoms with Crippen LogP contribution in [0.2, 0.25) is 0 Å². The lowest BCUT2D eigenvalue weighted by Gasteiger charge is -2.24. The molecule has 0 bridgehead atoms. The van der Waals surface area contributed by atoms with Crippen molar-refractivity contribution < 1.29 is 0 Å². The van der Waals surface area contributed by atoms with Crippen LogP contribution in [-0.4, -0.2) is 9.15 Å². The van der Waals surface area contributed by atoms with Crippen LogP contribution in [0.25, 0.3) is 0 Å². The van der Waals surface area contributed by atoms with Gasteiger partial charge in [0.05, 0.1) is 0 Å². The highest BCUT2D eigenvalue weighted by Crippen LogP contribution is 2.30. The number of rotatable bonds is 3. The predicted molar refractivity (Wildman–Crippen MR) is 50.3 cm³/mol. The van der Waals surface area contributed by atoms with Gasteiger partial charge in [0.1, 0.15) is 0 Å². The Morgan fingerprint density at radius 2 is 2.11 bits per heavy atom. The lowest BCUT2D eigenvalue weighted by Crippen LogP contribution is -2.25. The smallest absolute Gasteiger partial charge is 0.0383 e. The third kappa shape index (κ3) is 3.61. The molecule has 0 heterocycles. The summed E-state index contributed by atoms with van der Waals surface area (Å²) in [5.41, 5.74) is 0. The van der Waals surface area contributed by atoms with Gasteiger partial charge in [-0.25, -0.2) is 0 Å². The minimum absolute atomic E-state index is 0.155. The minimum Gasteiger partial charge on any atom is -0.0878 e. The van der Waals surface area contributed by atoms with Gasteiger partial charge in [-0.3, -0.25) is 0 Å². The maximum Gasteiger partial charge on any atom is 0.0383 e. The summed E-state index contributed by atoms with van der Waals surface area (Å²) >= 11 is 7.12. The van der Waals surface area contributed by atoms with Crippen molar-refractivity contribution in [1.29, 1.82) is 0 Å². The van der Waals surface area contributed by atoms with Crippen molar-refractivity contribution in [3.05, 3.63) is 6.42 Å². The zero-order chi connectivity index (χ0) is 7.49. The number of hydrogen-bond acceptors (Lipinski definition) is 0. The van der Waals surface area contributed by atoms with Crippen molar-refractivity contribution in [3.63, 3.8) is 0 Å². The van der Waals surface area contributed by atoms with Crippen molar-refractivity contribution in [2.45, 2.75) is 36.3 Å². The Hall–Kier alpha value is 0.960. The van der Waals surface area contributed by atoms with E-state index in [0.29, 0.717) is 4.83 Å². The van der Waals surface area contributed by atoms with Gasteiger partial charge in [0.2, 0.25) is 0 Å². The molecule has 0 aromatic rings. The average molecular weight is 257 g/mol. The van der Waals surface area contributed by atoms with Crippen LogP contribution in [-0.2, 0) is 0 Å². The summed E-state index contributed by atoms with van der Waals surface area (Å²) < 4.78 is 0.155. The van der Waals surface area contributed by atoms with E-state index in [1.807, 2.05) is 0 Å². The Morgan fingerprint density at radius 3 is 2.22 bits per heavy atom. The Labute approximate surface area is 74.7 Å². The molecule has 9 heavy (non-hydrogen) atoms. The standard InChI is InChI=1S/C7H13Br2/c1-4-5-7(3,9)6(2)8/h5-6H,4H2,1-3H3. The molecular weight excluding hydrogens is 244 g/mol. The molecule has 0 spiro atoms. The van der Waals surface area contributed by atoms with Gasteiger partial charge in [-0.1, -0.05) is 52.1 Å². The lowest BCUT2D eigenvalue weighted by molar-refractivity contribution is 0.717. The van der Waals surface area contributed by atoms with E-state index in [0.717, 1.165) is 6.42 Å². The molecule has 0 fully saturated rings. The summed E-state index contributed by atoms with van der Waals surface area (Å²) in [4.78, 5) is 0.491. The molecule has 55 valence electrons. The summed E-state index contributed by atoms with van der Waals surface area (Å²) in [5, 5.41) is 0. The number of alkyl halides is 2. The predicted octanol–water partition coefficient (Wildman–Crippen LogP) is 3.54. The first-order valence-electron chi connectivity index (χ1n) is 3.18. The van der Waals surface area contributed by atoms with Crippen molar-refractivity contribution in [1.82, 2.24) is 0 Å². The van der Waals surface area contributed by atoms with Gasteiger partial charge in [0.25, 0.3) is 0 Å². The highest BCUT2D eigenvalue weighted by atomic mass is 79.9. The topological polar surface area (TPSA) is 0 Å². The fourth-order valence-electron chi connectivity index (χ4n) is 0.562. The molecule has 0 aromatic carbocycles. The summed E-state index contributed by atoms with van der Waals surface area (Å²) in [5.74, 6) is 0. The van der Waals surface area contributed by atoms with Gasteiger partial charge in [0, 0.05) is 9.15 Å². The molecule has 0 aromatic heterocycles. The first-order valence-corrected chi connectivity index (χ1v) is 4.89. The van der Waals surface area contributed by atoms with Crippen LogP contribution in [0.3, 0.4) is 0 Å². The monoisotopic (exact) mass is 255 g/mol. The zero-order valence-electron chi connectivity index (χ0n) is 6.12. The molecule has 0 aliphatic carbocycles. The summed E-state index contributed by atoms with van der Waals surface area (Å²) in [6.07, 6.45) is 3.37. The van der Waals surface area contributed by atoms with Crippen LogP contribution in [0.15, 0.2) is 0 Å². The number of hydrogen-bond donors (Lipinski definition) is 0. The zero-order valence-corrected chi connectivity index (χ0v) is 9.29. The second-order valence-electron chi connectivity index (χ2n) is 2.38. The van der Waals surface area contributed by atoms with Crippen LogP contribution < -0.4 is 0 Å². The van der Waals surface area contributed by atoms with Crippen LogP contribution in [0, 0.1) is 6.42 Å². The quantitative estimate of drug-likeness (QED) is 0.678. The number of halogens is 2. The molecule has 0 nitrogen and oxygen atoms in total. The molecule has 1 radical (unpaired) electrons. The maximum atomic E-state index is 3.60. The molecule has 0 saturated carbocycles. The van der Waals surface area contributed by atoms with Crippen molar-refractivity contribution >= 4 is 31.9 Å². The first kappa shape index (κ1) is 9.96. The summed E-state index contributed by atoms with van der Waals surface area (Å²) in [6, 6.07) is 0. The second-order valence-corrected chi connectivity index (χ2v) is 5.46. The van der Waals surface area contributed by atoms with E-state index in [4.69, 9.17) is 0 Å². The maximum absolute atomic E-state index is 3.60. The average Bonchev–Trinajstić information content (AvgIpc) is 1.65. The molecular formula is C7H13Br2. The van der Waals surface area contributed by atoms with Gasteiger partial charge in [-0.2, -0.15) is 0 Å². The van der Waals surface area contributed by atoms with Crippen molar-refractivity contribution in [3.8, 4) is 0 Å². The largest absolute Gasteiger partial charge is 0.0878 e. The Bertz CT molecular complexity index is 77.0. The Morgan fingerprint density at radius 1 is 1.67 bits per heavy atom. The summed E-state index contributed by atoms with van der Waals surface area (Å²) in [7, 11) is 0. The van der Waals surface area contributed by atoms with E-state index < -0.39 is 0 Å². The minimum atomic E-state index is 0.155. The van der Waals surface area contributed by atoms with Crippen LogP contribution in [0.5, 0.6) is 0 Å². The van der Waals surface area contributed by atoms with Crippen LogP contribution in [0.4, 0.5) is 0 Å². The van der Waals surface area contributed by atoms with Gasteiger partial charge in [-0.15, -0.1) is 0 Å². The highest BCUT2D eigenvalue weighted by molar-refractivity contribution is 9.12. The van der Waals surface area contributed by atoms with Gasteiger partial charge < -0.3 is 0 Å². The molecule has 0 aliphatic heterocycles. The Balaban J connectivity index is 3.70. The fourth-order valence-corrected chi connectivity index (χ4v) is 1.07. The molecule has 0 aliphatic rings. The molecule has 0 saturated heterocycles. The van der Waals surface area contributed by atoms with Crippen molar-refractivity contribution in [2.24, 2.45) is 0 Å². The second kappa shape index (κ2) is 3.97. The Kier molecular flexibility index (Phi) is 4.39. The normalized spacial score (nSPS) is 21.0. The molecule has 0 N–H and O–H groups in total. The molecule has 2 atom stereocenters. The van der Waals surface area contributed by atoms with E-state index in [1.54, 1.807) is 0 Å². The van der Waals surface area contributed by atoms with Gasteiger partial charge >= 0.3 is 0 Å². The third-order valence-corrected chi connectivity index (χ3v) is 3.96. The van der Waals surface area contributed by atoms with Crippen LogP contribution >= 0.6 is 31.9 Å². The van der Waals surface area contributed by atoms with E-state index in [-0.39, 0.29) is 4.32 Å². The lowest BCUT2D eigenvalue weighted by atomic mass is 10.0. The van der Waals surface area contributed by atoms with E-state index >= 15 is 0 Å².